The number of anilines is 1. The summed E-state index contributed by atoms with van der Waals surface area (Å²) in [6.07, 6.45) is 1.75. The van der Waals surface area contributed by atoms with Crippen molar-refractivity contribution in [1.29, 1.82) is 0 Å². The quantitative estimate of drug-likeness (QED) is 0.245. The van der Waals surface area contributed by atoms with Gasteiger partial charge in [0.25, 0.3) is 5.91 Å². The van der Waals surface area contributed by atoms with Crippen LogP contribution in [0.3, 0.4) is 0 Å². The van der Waals surface area contributed by atoms with Gasteiger partial charge in [0.05, 0.1) is 18.0 Å². The van der Waals surface area contributed by atoms with E-state index < -0.39 is 0 Å². The third kappa shape index (κ3) is 4.83. The minimum absolute atomic E-state index is 0.270. The predicted octanol–water partition coefficient (Wildman–Crippen LogP) is 6.45. The van der Waals surface area contributed by atoms with Crippen molar-refractivity contribution in [3.05, 3.63) is 90.8 Å². The molecule has 168 valence electrons. The van der Waals surface area contributed by atoms with Crippen molar-refractivity contribution in [2.75, 3.05) is 17.3 Å². The molecule has 5 rings (SSSR count). The molecule has 1 N–H and O–H groups in total. The molecule has 2 aromatic carbocycles. The number of amides is 1. The van der Waals surface area contributed by atoms with Crippen LogP contribution in [0.4, 0.5) is 5.69 Å². The number of hydrogen-bond acceptors (Lipinski definition) is 6. The SMILES string of the molecule is O=C(Nc1ccccc1-c1nc2cccnc2s1)c1cc(OCCBr)cc(-c2ccccc2)n1. The maximum Gasteiger partial charge on any atom is 0.274 e. The fourth-order valence-electron chi connectivity index (χ4n) is 3.47. The number of para-hydroxylation sites is 1. The van der Waals surface area contributed by atoms with Crippen LogP contribution in [0.5, 0.6) is 5.75 Å². The van der Waals surface area contributed by atoms with Crippen molar-refractivity contribution < 1.29 is 9.53 Å². The second-order valence-corrected chi connectivity index (χ2v) is 9.09. The Labute approximate surface area is 208 Å². The Bertz CT molecular complexity index is 1420. The van der Waals surface area contributed by atoms with Gasteiger partial charge in [-0.1, -0.05) is 69.7 Å². The van der Waals surface area contributed by atoms with Crippen molar-refractivity contribution in [3.8, 4) is 27.6 Å². The van der Waals surface area contributed by atoms with Gasteiger partial charge in [0.1, 0.15) is 26.8 Å². The first-order valence-corrected chi connectivity index (χ1v) is 12.5. The average Bonchev–Trinajstić information content (AvgIpc) is 3.32. The molecule has 8 heteroatoms. The Morgan fingerprint density at radius 1 is 0.971 bits per heavy atom. The lowest BCUT2D eigenvalue weighted by Gasteiger charge is -2.12. The highest BCUT2D eigenvalue weighted by molar-refractivity contribution is 9.09. The third-order valence-electron chi connectivity index (χ3n) is 5.02. The minimum Gasteiger partial charge on any atom is -0.493 e. The molecule has 0 aliphatic carbocycles. The number of fused-ring (bicyclic) bond motifs is 1. The summed E-state index contributed by atoms with van der Waals surface area (Å²) in [5.74, 6) is 0.261. The van der Waals surface area contributed by atoms with Crippen LogP contribution in [0.15, 0.2) is 85.1 Å². The Morgan fingerprint density at radius 3 is 2.62 bits per heavy atom. The standard InChI is InChI=1S/C26H19BrN4O2S/c27-12-14-33-18-15-22(17-7-2-1-3-8-17)29-23(16-18)24(32)30-20-10-5-4-9-19(20)25-31-21-11-6-13-28-26(21)34-25/h1-11,13,15-16H,12,14H2,(H,30,32). The largest absolute Gasteiger partial charge is 0.493 e. The number of hydrogen-bond donors (Lipinski definition) is 1. The molecule has 3 aromatic heterocycles. The van der Waals surface area contributed by atoms with E-state index in [1.54, 1.807) is 12.3 Å². The van der Waals surface area contributed by atoms with Crippen LogP contribution in [-0.4, -0.2) is 32.8 Å². The number of rotatable bonds is 7. The number of thiazole rings is 1. The molecule has 0 saturated heterocycles. The van der Waals surface area contributed by atoms with Crippen LogP contribution < -0.4 is 10.1 Å². The number of alkyl halides is 1. The van der Waals surface area contributed by atoms with Crippen LogP contribution in [0.25, 0.3) is 32.2 Å². The molecule has 3 heterocycles. The maximum absolute atomic E-state index is 13.3. The normalized spacial score (nSPS) is 10.9. The Hall–Kier alpha value is -3.62. The lowest BCUT2D eigenvalue weighted by Crippen LogP contribution is -2.15. The van der Waals surface area contributed by atoms with Crippen molar-refractivity contribution in [1.82, 2.24) is 15.0 Å². The first kappa shape index (κ1) is 22.2. The Kier molecular flexibility index (Phi) is 6.60. The predicted molar refractivity (Wildman–Crippen MR) is 140 cm³/mol. The summed E-state index contributed by atoms with van der Waals surface area (Å²) < 4.78 is 5.80. The van der Waals surface area contributed by atoms with E-state index in [4.69, 9.17) is 4.74 Å². The fraction of sp³-hybridized carbons (Fsp3) is 0.0769. The van der Waals surface area contributed by atoms with Gasteiger partial charge in [-0.15, -0.1) is 0 Å². The second-order valence-electron chi connectivity index (χ2n) is 7.32. The highest BCUT2D eigenvalue weighted by Crippen LogP contribution is 2.34. The van der Waals surface area contributed by atoms with E-state index in [1.807, 2.05) is 72.8 Å². The van der Waals surface area contributed by atoms with Gasteiger partial charge in [-0.05, 0) is 24.3 Å². The minimum atomic E-state index is -0.326. The van der Waals surface area contributed by atoms with E-state index in [2.05, 4.69) is 36.2 Å². The number of ether oxygens (including phenoxy) is 1. The maximum atomic E-state index is 13.3. The molecule has 6 nitrogen and oxygen atoms in total. The lowest BCUT2D eigenvalue weighted by atomic mass is 10.1. The van der Waals surface area contributed by atoms with Crippen molar-refractivity contribution in [3.63, 3.8) is 0 Å². The van der Waals surface area contributed by atoms with Gasteiger partial charge in [0.15, 0.2) is 0 Å². The van der Waals surface area contributed by atoms with E-state index in [0.29, 0.717) is 29.1 Å². The molecular formula is C26H19BrN4O2S. The topological polar surface area (TPSA) is 77.0 Å². The first-order chi connectivity index (χ1) is 16.7. The van der Waals surface area contributed by atoms with E-state index in [1.165, 1.54) is 11.3 Å². The number of aromatic nitrogens is 3. The fourth-order valence-corrected chi connectivity index (χ4v) is 4.58. The van der Waals surface area contributed by atoms with Crippen LogP contribution >= 0.6 is 27.3 Å². The number of carbonyl (C=O) groups is 1. The van der Waals surface area contributed by atoms with Crippen LogP contribution in [0, 0.1) is 0 Å². The molecule has 5 aromatic rings. The summed E-state index contributed by atoms with van der Waals surface area (Å²) in [7, 11) is 0. The second kappa shape index (κ2) is 10.1. The molecule has 0 bridgehead atoms. The van der Waals surface area contributed by atoms with Gasteiger partial charge in [-0.25, -0.2) is 15.0 Å². The molecule has 0 radical (unpaired) electrons. The summed E-state index contributed by atoms with van der Waals surface area (Å²) in [6.45, 7) is 0.480. The van der Waals surface area contributed by atoms with Gasteiger partial charge in [0.2, 0.25) is 0 Å². The van der Waals surface area contributed by atoms with Crippen molar-refractivity contribution >= 4 is 49.2 Å². The molecule has 1 amide bonds. The van der Waals surface area contributed by atoms with Crippen LogP contribution in [-0.2, 0) is 0 Å². The van der Waals surface area contributed by atoms with E-state index >= 15 is 0 Å². The van der Waals surface area contributed by atoms with Gasteiger partial charge < -0.3 is 10.1 Å². The summed E-state index contributed by atoms with van der Waals surface area (Å²) >= 11 is 4.86. The molecule has 0 aliphatic heterocycles. The molecule has 0 saturated carbocycles. The number of pyridine rings is 2. The summed E-state index contributed by atoms with van der Waals surface area (Å²) in [6, 6.07) is 24.6. The average molecular weight is 531 g/mol. The van der Waals surface area contributed by atoms with E-state index in [9.17, 15) is 4.79 Å². The summed E-state index contributed by atoms with van der Waals surface area (Å²) in [5, 5.41) is 4.48. The van der Waals surface area contributed by atoms with Crippen LogP contribution in [0.2, 0.25) is 0 Å². The number of benzene rings is 2. The third-order valence-corrected chi connectivity index (χ3v) is 6.36. The number of carbonyl (C=O) groups excluding carboxylic acids is 1. The monoisotopic (exact) mass is 530 g/mol. The lowest BCUT2D eigenvalue weighted by molar-refractivity contribution is 0.102. The molecular weight excluding hydrogens is 512 g/mol. The van der Waals surface area contributed by atoms with Crippen molar-refractivity contribution in [2.24, 2.45) is 0 Å². The summed E-state index contributed by atoms with van der Waals surface area (Å²) in [5.41, 5.74) is 4.16. The first-order valence-electron chi connectivity index (χ1n) is 10.6. The highest BCUT2D eigenvalue weighted by Gasteiger charge is 2.16. The van der Waals surface area contributed by atoms with Gasteiger partial charge >= 0.3 is 0 Å². The summed E-state index contributed by atoms with van der Waals surface area (Å²) in [4.78, 5) is 27.9. The van der Waals surface area contributed by atoms with Crippen LogP contribution in [0.1, 0.15) is 10.5 Å². The van der Waals surface area contributed by atoms with Gasteiger partial charge in [-0.2, -0.15) is 0 Å². The number of halogens is 1. The van der Waals surface area contributed by atoms with E-state index in [-0.39, 0.29) is 11.6 Å². The highest BCUT2D eigenvalue weighted by atomic mass is 79.9. The molecule has 0 aliphatic rings. The van der Waals surface area contributed by atoms with Crippen molar-refractivity contribution in [2.45, 2.75) is 0 Å². The zero-order valence-corrected chi connectivity index (χ0v) is 20.3. The van der Waals surface area contributed by atoms with Gasteiger partial charge in [-0.3, -0.25) is 4.79 Å². The zero-order chi connectivity index (χ0) is 23.3. The molecule has 0 unspecified atom stereocenters. The zero-order valence-electron chi connectivity index (χ0n) is 17.9. The Morgan fingerprint density at radius 2 is 1.79 bits per heavy atom. The number of nitrogens with zero attached hydrogens (tertiary/aromatic N) is 3. The molecule has 34 heavy (non-hydrogen) atoms. The smallest absolute Gasteiger partial charge is 0.274 e. The molecule has 0 atom stereocenters. The number of nitrogens with one attached hydrogen (secondary N) is 1. The van der Waals surface area contributed by atoms with E-state index in [0.717, 1.165) is 26.5 Å². The Balaban J connectivity index is 1.49. The van der Waals surface area contributed by atoms with Gasteiger partial charge in [0, 0.05) is 34.8 Å². The molecule has 0 fully saturated rings. The molecule has 0 spiro atoms.